The van der Waals surface area contributed by atoms with E-state index >= 15 is 0 Å². The number of hydrogen-bond acceptors (Lipinski definition) is 3. The third-order valence-corrected chi connectivity index (χ3v) is 2.78. The van der Waals surface area contributed by atoms with Gasteiger partial charge in [0.15, 0.2) is 0 Å². The molecule has 0 atom stereocenters. The fourth-order valence-corrected chi connectivity index (χ4v) is 1.90. The van der Waals surface area contributed by atoms with Gasteiger partial charge in [0.1, 0.15) is 5.75 Å². The number of anilines is 1. The first-order valence-electron chi connectivity index (χ1n) is 5.50. The highest BCUT2D eigenvalue weighted by molar-refractivity contribution is 5.49. The quantitative estimate of drug-likeness (QED) is 0.793. The fraction of sp³-hybridized carbons (Fsp3) is 0.500. The number of ether oxygens (including phenoxy) is 1. The Hall–Kier alpha value is -1.22. The summed E-state index contributed by atoms with van der Waals surface area (Å²) in [5.41, 5.74) is 1.29. The second-order valence-electron chi connectivity index (χ2n) is 3.79. The minimum atomic E-state index is 0.923. The Balaban J connectivity index is 2.06. The van der Waals surface area contributed by atoms with Crippen molar-refractivity contribution in [2.24, 2.45) is 0 Å². The van der Waals surface area contributed by atoms with Crippen LogP contribution < -0.4 is 15.0 Å². The van der Waals surface area contributed by atoms with Crippen LogP contribution in [-0.2, 0) is 0 Å². The van der Waals surface area contributed by atoms with Gasteiger partial charge in [-0.1, -0.05) is 0 Å². The minimum Gasteiger partial charge on any atom is -0.497 e. The van der Waals surface area contributed by atoms with Crippen LogP contribution in [0.2, 0.25) is 0 Å². The Morgan fingerprint density at radius 3 is 2.67 bits per heavy atom. The summed E-state index contributed by atoms with van der Waals surface area (Å²) in [6, 6.07) is 8.30. The summed E-state index contributed by atoms with van der Waals surface area (Å²) in [7, 11) is 1.70. The molecule has 2 rings (SSSR count). The predicted octanol–water partition coefficient (Wildman–Crippen LogP) is 1.49. The molecule has 1 heterocycles. The van der Waals surface area contributed by atoms with Gasteiger partial charge in [0.25, 0.3) is 0 Å². The van der Waals surface area contributed by atoms with Crippen LogP contribution in [0, 0.1) is 0 Å². The molecular weight excluding hydrogens is 188 g/mol. The van der Waals surface area contributed by atoms with Gasteiger partial charge in [0.05, 0.1) is 7.11 Å². The van der Waals surface area contributed by atoms with Crippen LogP contribution >= 0.6 is 0 Å². The zero-order valence-corrected chi connectivity index (χ0v) is 9.20. The van der Waals surface area contributed by atoms with Gasteiger partial charge in [0, 0.05) is 25.3 Å². The molecule has 0 spiro atoms. The molecule has 15 heavy (non-hydrogen) atoms. The van der Waals surface area contributed by atoms with E-state index in [1.54, 1.807) is 7.11 Å². The summed E-state index contributed by atoms with van der Waals surface area (Å²) in [5, 5.41) is 3.40. The summed E-state index contributed by atoms with van der Waals surface area (Å²) in [6.45, 7) is 4.43. The Bertz CT molecular complexity index is 289. The highest BCUT2D eigenvalue weighted by Gasteiger charge is 2.08. The van der Waals surface area contributed by atoms with Gasteiger partial charge in [-0.15, -0.1) is 0 Å². The highest BCUT2D eigenvalue weighted by atomic mass is 16.5. The second-order valence-corrected chi connectivity index (χ2v) is 3.79. The minimum absolute atomic E-state index is 0.923. The summed E-state index contributed by atoms with van der Waals surface area (Å²) < 4.78 is 5.15. The lowest BCUT2D eigenvalue weighted by Gasteiger charge is -2.22. The molecule has 1 saturated heterocycles. The lowest BCUT2D eigenvalue weighted by molar-refractivity contribution is 0.415. The van der Waals surface area contributed by atoms with E-state index in [0.29, 0.717) is 0 Å². The molecule has 0 radical (unpaired) electrons. The molecule has 0 aromatic heterocycles. The van der Waals surface area contributed by atoms with E-state index in [0.717, 1.165) is 31.9 Å². The average molecular weight is 206 g/mol. The van der Waals surface area contributed by atoms with E-state index in [1.807, 2.05) is 12.1 Å². The second kappa shape index (κ2) is 5.03. The maximum atomic E-state index is 5.15. The summed E-state index contributed by atoms with van der Waals surface area (Å²) >= 11 is 0. The average Bonchev–Trinajstić information content (AvgIpc) is 2.58. The molecule has 0 unspecified atom stereocenters. The summed E-state index contributed by atoms with van der Waals surface area (Å²) in [5.74, 6) is 0.923. The molecule has 82 valence electrons. The van der Waals surface area contributed by atoms with Crippen LogP contribution in [0.3, 0.4) is 0 Å². The Morgan fingerprint density at radius 1 is 1.13 bits per heavy atom. The van der Waals surface area contributed by atoms with Crippen molar-refractivity contribution in [3.05, 3.63) is 24.3 Å². The van der Waals surface area contributed by atoms with Gasteiger partial charge < -0.3 is 15.0 Å². The lowest BCUT2D eigenvalue weighted by Crippen LogP contribution is -2.27. The maximum absolute atomic E-state index is 5.15. The molecule has 1 N–H and O–H groups in total. The molecule has 3 heteroatoms. The highest BCUT2D eigenvalue weighted by Crippen LogP contribution is 2.19. The maximum Gasteiger partial charge on any atom is 0.119 e. The molecule has 1 aliphatic rings. The number of benzene rings is 1. The van der Waals surface area contributed by atoms with E-state index in [1.165, 1.54) is 12.1 Å². The van der Waals surface area contributed by atoms with Crippen molar-refractivity contribution in [3.63, 3.8) is 0 Å². The summed E-state index contributed by atoms with van der Waals surface area (Å²) in [6.07, 6.45) is 1.21. The molecule has 0 aliphatic carbocycles. The van der Waals surface area contributed by atoms with Gasteiger partial charge >= 0.3 is 0 Å². The first-order valence-corrected chi connectivity index (χ1v) is 5.50. The Labute approximate surface area is 91.0 Å². The third-order valence-electron chi connectivity index (χ3n) is 2.78. The van der Waals surface area contributed by atoms with Crippen molar-refractivity contribution in [3.8, 4) is 5.75 Å². The zero-order valence-electron chi connectivity index (χ0n) is 9.20. The van der Waals surface area contributed by atoms with Crippen molar-refractivity contribution in [2.45, 2.75) is 6.42 Å². The van der Waals surface area contributed by atoms with Crippen LogP contribution in [0.15, 0.2) is 24.3 Å². The Kier molecular flexibility index (Phi) is 3.45. The SMILES string of the molecule is COc1ccc(N2CCCNCC2)cc1. The van der Waals surface area contributed by atoms with Crippen LogP contribution in [0.4, 0.5) is 5.69 Å². The van der Waals surface area contributed by atoms with Crippen LogP contribution in [0.5, 0.6) is 5.75 Å². The third kappa shape index (κ3) is 2.63. The number of nitrogens with zero attached hydrogens (tertiary/aromatic N) is 1. The molecule has 1 aliphatic heterocycles. The molecule has 0 amide bonds. The van der Waals surface area contributed by atoms with E-state index in [4.69, 9.17) is 4.74 Å². The molecule has 0 bridgehead atoms. The molecule has 1 fully saturated rings. The molecule has 0 saturated carbocycles. The molecular formula is C12H18N2O. The van der Waals surface area contributed by atoms with E-state index in [-0.39, 0.29) is 0 Å². The molecule has 1 aromatic carbocycles. The van der Waals surface area contributed by atoms with Gasteiger partial charge in [-0.2, -0.15) is 0 Å². The smallest absolute Gasteiger partial charge is 0.119 e. The first-order chi connectivity index (χ1) is 7.40. The van der Waals surface area contributed by atoms with Crippen molar-refractivity contribution in [1.82, 2.24) is 5.32 Å². The van der Waals surface area contributed by atoms with Gasteiger partial charge in [-0.05, 0) is 37.2 Å². The summed E-state index contributed by atoms with van der Waals surface area (Å²) in [4.78, 5) is 2.42. The lowest BCUT2D eigenvalue weighted by atomic mass is 10.2. The standard InChI is InChI=1S/C12H18N2O/c1-15-12-5-3-11(4-6-12)14-9-2-7-13-8-10-14/h3-6,13H,2,7-10H2,1H3. The number of hydrogen-bond donors (Lipinski definition) is 1. The van der Waals surface area contributed by atoms with Crippen molar-refractivity contribution >= 4 is 5.69 Å². The van der Waals surface area contributed by atoms with E-state index < -0.39 is 0 Å². The first kappa shape index (κ1) is 10.3. The van der Waals surface area contributed by atoms with Gasteiger partial charge in [-0.3, -0.25) is 0 Å². The number of rotatable bonds is 2. The van der Waals surface area contributed by atoms with Crippen LogP contribution in [0.1, 0.15) is 6.42 Å². The van der Waals surface area contributed by atoms with Crippen LogP contribution in [-0.4, -0.2) is 33.3 Å². The number of nitrogens with one attached hydrogen (secondary N) is 1. The van der Waals surface area contributed by atoms with Gasteiger partial charge in [0.2, 0.25) is 0 Å². The monoisotopic (exact) mass is 206 g/mol. The van der Waals surface area contributed by atoms with E-state index in [9.17, 15) is 0 Å². The van der Waals surface area contributed by atoms with Crippen molar-refractivity contribution < 1.29 is 4.74 Å². The topological polar surface area (TPSA) is 24.5 Å². The normalized spacial score (nSPS) is 17.3. The van der Waals surface area contributed by atoms with Crippen LogP contribution in [0.25, 0.3) is 0 Å². The largest absolute Gasteiger partial charge is 0.497 e. The number of methoxy groups -OCH3 is 1. The van der Waals surface area contributed by atoms with E-state index in [2.05, 4.69) is 22.3 Å². The zero-order chi connectivity index (χ0) is 10.5. The molecule has 1 aromatic rings. The fourth-order valence-electron chi connectivity index (χ4n) is 1.90. The predicted molar refractivity (Wildman–Crippen MR) is 62.7 cm³/mol. The van der Waals surface area contributed by atoms with Crippen molar-refractivity contribution in [1.29, 1.82) is 0 Å². The molecule has 3 nitrogen and oxygen atoms in total. The Morgan fingerprint density at radius 2 is 1.93 bits per heavy atom. The van der Waals surface area contributed by atoms with Crippen molar-refractivity contribution in [2.75, 3.05) is 38.2 Å². The van der Waals surface area contributed by atoms with Gasteiger partial charge in [-0.25, -0.2) is 0 Å².